The molecule has 1 fully saturated rings. The molecular weight excluding hydrogens is 356 g/mol. The molecule has 1 atom stereocenters. The molecule has 1 aromatic rings. The van der Waals surface area contributed by atoms with Crippen LogP contribution in [0.2, 0.25) is 0 Å². The number of thioether (sulfide) groups is 1. The number of hydrogen-bond acceptors (Lipinski definition) is 4. The van der Waals surface area contributed by atoms with Crippen LogP contribution in [0.4, 0.5) is 0 Å². The molecule has 1 aromatic carbocycles. The minimum Gasteiger partial charge on any atom is -0.342 e. The van der Waals surface area contributed by atoms with Gasteiger partial charge in [0, 0.05) is 24.5 Å². The van der Waals surface area contributed by atoms with E-state index in [9.17, 15) is 13.2 Å². The normalized spacial score (nSPS) is 20.5. The Bertz CT molecular complexity index is 734. The number of piperidine rings is 1. The van der Waals surface area contributed by atoms with Crippen LogP contribution < -0.4 is 4.72 Å². The van der Waals surface area contributed by atoms with Gasteiger partial charge in [-0.3, -0.25) is 4.79 Å². The van der Waals surface area contributed by atoms with Crippen LogP contribution in [0.15, 0.2) is 23.1 Å². The van der Waals surface area contributed by atoms with E-state index in [1.807, 2.05) is 4.90 Å². The van der Waals surface area contributed by atoms with Gasteiger partial charge in [0.05, 0.1) is 12.0 Å². The molecule has 1 aliphatic heterocycles. The van der Waals surface area contributed by atoms with Crippen molar-refractivity contribution in [1.29, 1.82) is 0 Å². The summed E-state index contributed by atoms with van der Waals surface area (Å²) in [5, 5.41) is 0. The number of sulfonamides is 1. The monoisotopic (exact) mass is 382 g/mol. The fraction of sp³-hybridized carbons (Fsp3) is 0.611. The Hall–Kier alpha value is -1.05. The van der Waals surface area contributed by atoms with E-state index in [2.05, 4.69) is 22.9 Å². The Morgan fingerprint density at radius 2 is 2.08 bits per heavy atom. The van der Waals surface area contributed by atoms with Gasteiger partial charge in [-0.05, 0) is 61.3 Å². The lowest BCUT2D eigenvalue weighted by Gasteiger charge is -2.32. The highest BCUT2D eigenvalue weighted by Gasteiger charge is 2.24. The quantitative estimate of drug-likeness (QED) is 0.765. The largest absolute Gasteiger partial charge is 0.342 e. The number of nitrogens with zero attached hydrogens (tertiary/aromatic N) is 1. The molecule has 1 N–H and O–H groups in total. The fourth-order valence-corrected chi connectivity index (χ4v) is 5.00. The number of benzene rings is 1. The van der Waals surface area contributed by atoms with Gasteiger partial charge in [-0.2, -0.15) is 0 Å². The molecular formula is C18H26N2O3S2. The van der Waals surface area contributed by atoms with Crippen molar-refractivity contribution in [3.63, 3.8) is 0 Å². The van der Waals surface area contributed by atoms with E-state index < -0.39 is 10.0 Å². The first-order chi connectivity index (χ1) is 11.9. The summed E-state index contributed by atoms with van der Waals surface area (Å²) in [5.74, 6) is 0.803. The first-order valence-electron chi connectivity index (χ1n) is 8.88. The van der Waals surface area contributed by atoms with Crippen LogP contribution in [0.5, 0.6) is 0 Å². The maximum Gasteiger partial charge on any atom is 0.232 e. The van der Waals surface area contributed by atoms with Gasteiger partial charge in [-0.1, -0.05) is 6.07 Å². The summed E-state index contributed by atoms with van der Waals surface area (Å²) in [6, 6.07) is 6.55. The number of carbonyl (C=O) groups is 1. The number of likely N-dealkylation sites (tertiary alicyclic amines) is 1. The molecule has 25 heavy (non-hydrogen) atoms. The molecule has 0 spiro atoms. The number of fused-ring (bicyclic) bond motifs is 1. The Labute approximate surface area is 154 Å². The van der Waals surface area contributed by atoms with Crippen molar-refractivity contribution in [3.8, 4) is 0 Å². The topological polar surface area (TPSA) is 66.5 Å². The van der Waals surface area contributed by atoms with Crippen molar-refractivity contribution in [2.45, 2.75) is 37.0 Å². The zero-order valence-electron chi connectivity index (χ0n) is 14.7. The summed E-state index contributed by atoms with van der Waals surface area (Å²) in [5.41, 5.74) is 2.88. The highest BCUT2D eigenvalue weighted by Crippen LogP contribution is 2.28. The molecule has 1 unspecified atom stereocenters. The van der Waals surface area contributed by atoms with Crippen molar-refractivity contribution < 1.29 is 13.2 Å². The maximum absolute atomic E-state index is 12.5. The Kier molecular flexibility index (Phi) is 6.07. The number of nitrogens with one attached hydrogen (secondary N) is 1. The predicted molar refractivity (Wildman–Crippen MR) is 101 cm³/mol. The second-order valence-electron chi connectivity index (χ2n) is 7.04. The minimum absolute atomic E-state index is 0.148. The third-order valence-electron chi connectivity index (χ3n) is 4.94. The average Bonchev–Trinajstić information content (AvgIpc) is 3.05. The van der Waals surface area contributed by atoms with Gasteiger partial charge < -0.3 is 4.90 Å². The van der Waals surface area contributed by atoms with Crippen molar-refractivity contribution in [3.05, 3.63) is 29.3 Å². The van der Waals surface area contributed by atoms with Crippen molar-refractivity contribution in [2.24, 2.45) is 5.92 Å². The standard InChI is InChI=1S/C18H26N2O3S2/c1-25(22,23)19-11-14-4-3-9-20(12-14)18(21)13-24-17-8-7-15-5-2-6-16(15)10-17/h7-8,10,14,19H,2-6,9,11-13H2,1H3. The van der Waals surface area contributed by atoms with Crippen LogP contribution in [-0.4, -0.2) is 50.9 Å². The van der Waals surface area contributed by atoms with Gasteiger partial charge in [-0.25, -0.2) is 13.1 Å². The summed E-state index contributed by atoms with van der Waals surface area (Å²) < 4.78 is 25.0. The molecule has 1 amide bonds. The Morgan fingerprint density at radius 3 is 2.88 bits per heavy atom. The SMILES string of the molecule is CS(=O)(=O)NCC1CCCN(C(=O)CSc2ccc3c(c2)CCC3)C1. The highest BCUT2D eigenvalue weighted by molar-refractivity contribution is 8.00. The van der Waals surface area contributed by atoms with Crippen LogP contribution in [0, 0.1) is 5.92 Å². The molecule has 138 valence electrons. The van der Waals surface area contributed by atoms with Gasteiger partial charge in [0.2, 0.25) is 15.9 Å². The lowest BCUT2D eigenvalue weighted by atomic mass is 9.98. The molecule has 7 heteroatoms. The van der Waals surface area contributed by atoms with Crippen molar-refractivity contribution >= 4 is 27.7 Å². The summed E-state index contributed by atoms with van der Waals surface area (Å²) >= 11 is 1.60. The smallest absolute Gasteiger partial charge is 0.232 e. The first kappa shape index (κ1) is 18.7. The maximum atomic E-state index is 12.5. The Morgan fingerprint density at radius 1 is 1.28 bits per heavy atom. The summed E-state index contributed by atoms with van der Waals surface area (Å²) in [6.45, 7) is 1.84. The van der Waals surface area contributed by atoms with Gasteiger partial charge in [-0.15, -0.1) is 11.8 Å². The molecule has 0 radical (unpaired) electrons. The number of rotatable bonds is 6. The second kappa shape index (κ2) is 8.10. The minimum atomic E-state index is -3.17. The van der Waals surface area contributed by atoms with Crippen molar-refractivity contribution in [2.75, 3.05) is 31.6 Å². The highest BCUT2D eigenvalue weighted by atomic mass is 32.2. The molecule has 2 aliphatic rings. The molecule has 0 aromatic heterocycles. The molecule has 1 aliphatic carbocycles. The molecule has 1 saturated heterocycles. The van der Waals surface area contributed by atoms with Crippen LogP contribution in [0.25, 0.3) is 0 Å². The average molecular weight is 383 g/mol. The predicted octanol–water partition coefficient (Wildman–Crippen LogP) is 2.06. The molecule has 3 rings (SSSR count). The van der Waals surface area contributed by atoms with Crippen LogP contribution in [0.1, 0.15) is 30.4 Å². The van der Waals surface area contributed by atoms with Gasteiger partial charge in [0.25, 0.3) is 0 Å². The molecule has 0 bridgehead atoms. The van der Waals surface area contributed by atoms with E-state index in [0.29, 0.717) is 18.8 Å². The van der Waals surface area contributed by atoms with Gasteiger partial charge in [0.1, 0.15) is 0 Å². The van der Waals surface area contributed by atoms with Crippen LogP contribution >= 0.6 is 11.8 Å². The van der Waals surface area contributed by atoms with E-state index in [4.69, 9.17) is 0 Å². The molecule has 1 heterocycles. The third kappa shape index (κ3) is 5.46. The van der Waals surface area contributed by atoms with E-state index in [-0.39, 0.29) is 11.8 Å². The first-order valence-corrected chi connectivity index (χ1v) is 11.8. The fourth-order valence-electron chi connectivity index (χ4n) is 3.60. The summed E-state index contributed by atoms with van der Waals surface area (Å²) in [4.78, 5) is 15.6. The number of aryl methyl sites for hydroxylation is 2. The Balaban J connectivity index is 1.49. The lowest BCUT2D eigenvalue weighted by Crippen LogP contribution is -2.44. The number of carbonyl (C=O) groups excluding carboxylic acids is 1. The van der Waals surface area contributed by atoms with E-state index >= 15 is 0 Å². The second-order valence-corrected chi connectivity index (χ2v) is 9.92. The molecule has 5 nitrogen and oxygen atoms in total. The summed E-state index contributed by atoms with van der Waals surface area (Å²) in [7, 11) is -3.17. The van der Waals surface area contributed by atoms with Crippen LogP contribution in [0.3, 0.4) is 0 Å². The van der Waals surface area contributed by atoms with E-state index in [0.717, 1.165) is 25.8 Å². The van der Waals surface area contributed by atoms with Gasteiger partial charge >= 0.3 is 0 Å². The van der Waals surface area contributed by atoms with E-state index in [1.54, 1.807) is 11.8 Å². The van der Waals surface area contributed by atoms with E-state index in [1.165, 1.54) is 35.1 Å². The number of hydrogen-bond donors (Lipinski definition) is 1. The van der Waals surface area contributed by atoms with Crippen LogP contribution in [-0.2, 0) is 27.7 Å². The number of amides is 1. The summed E-state index contributed by atoms with van der Waals surface area (Å²) in [6.07, 6.45) is 6.63. The van der Waals surface area contributed by atoms with Crippen molar-refractivity contribution in [1.82, 2.24) is 9.62 Å². The third-order valence-corrected chi connectivity index (χ3v) is 6.61. The lowest BCUT2D eigenvalue weighted by molar-refractivity contribution is -0.130. The zero-order chi connectivity index (χ0) is 17.9. The van der Waals surface area contributed by atoms with Gasteiger partial charge in [0.15, 0.2) is 0 Å². The zero-order valence-corrected chi connectivity index (χ0v) is 16.3. The molecule has 0 saturated carbocycles.